The summed E-state index contributed by atoms with van der Waals surface area (Å²) in [6.07, 6.45) is 0.980. The van der Waals surface area contributed by atoms with Crippen LogP contribution >= 0.6 is 11.6 Å². The normalized spacial score (nSPS) is 10.8. The molecule has 0 aliphatic rings. The van der Waals surface area contributed by atoms with Gasteiger partial charge in [0.15, 0.2) is 0 Å². The molecule has 0 bridgehead atoms. The second-order valence-electron chi connectivity index (χ2n) is 4.00. The first-order valence-electron chi connectivity index (χ1n) is 5.64. The van der Waals surface area contributed by atoms with Crippen molar-refractivity contribution in [2.75, 3.05) is 13.6 Å². The Bertz CT molecular complexity index is 488. The van der Waals surface area contributed by atoms with Gasteiger partial charge < -0.3 is 5.32 Å². The van der Waals surface area contributed by atoms with Gasteiger partial charge in [-0.15, -0.1) is 0 Å². The van der Waals surface area contributed by atoms with Crippen molar-refractivity contribution in [2.24, 2.45) is 7.05 Å². The highest BCUT2D eigenvalue weighted by Gasteiger charge is 2.06. The lowest BCUT2D eigenvalue weighted by molar-refractivity contribution is 0.683. The molecule has 2 aromatic rings. The zero-order valence-corrected chi connectivity index (χ0v) is 10.8. The van der Waals surface area contributed by atoms with Crippen LogP contribution in [0.15, 0.2) is 30.3 Å². The molecule has 0 fully saturated rings. The summed E-state index contributed by atoms with van der Waals surface area (Å²) in [4.78, 5) is 0. The number of rotatable bonds is 4. The Balaban J connectivity index is 2.24. The lowest BCUT2D eigenvalue weighted by atomic mass is 10.1. The molecule has 1 aromatic heterocycles. The van der Waals surface area contributed by atoms with Crippen molar-refractivity contribution in [3.05, 3.63) is 41.0 Å². The fraction of sp³-hybridized carbons (Fsp3) is 0.308. The Kier molecular flexibility index (Phi) is 3.82. The van der Waals surface area contributed by atoms with Gasteiger partial charge in [-0.05, 0) is 25.2 Å². The number of nitrogens with zero attached hydrogens (tertiary/aromatic N) is 2. The molecule has 1 N–H and O–H groups in total. The molecule has 90 valence electrons. The maximum absolute atomic E-state index is 5.87. The van der Waals surface area contributed by atoms with E-state index in [2.05, 4.69) is 16.5 Å². The van der Waals surface area contributed by atoms with Gasteiger partial charge >= 0.3 is 0 Å². The molecule has 0 aliphatic carbocycles. The predicted octanol–water partition coefficient (Wildman–Crippen LogP) is 2.50. The minimum absolute atomic E-state index is 0.750. The molecule has 2 rings (SSSR count). The maximum atomic E-state index is 5.87. The molecule has 0 aliphatic heterocycles. The van der Waals surface area contributed by atoms with Gasteiger partial charge in [-0.25, -0.2) is 0 Å². The zero-order chi connectivity index (χ0) is 12.3. The van der Waals surface area contributed by atoms with E-state index < -0.39 is 0 Å². The molecule has 0 saturated heterocycles. The van der Waals surface area contributed by atoms with E-state index in [0.29, 0.717) is 0 Å². The number of benzene rings is 1. The Labute approximate surface area is 106 Å². The van der Waals surface area contributed by atoms with E-state index >= 15 is 0 Å². The van der Waals surface area contributed by atoms with Gasteiger partial charge in [-0.1, -0.05) is 23.7 Å². The lowest BCUT2D eigenvalue weighted by Crippen LogP contribution is -2.12. The third kappa shape index (κ3) is 2.87. The van der Waals surface area contributed by atoms with Gasteiger partial charge in [0.25, 0.3) is 0 Å². The molecule has 0 unspecified atom stereocenters. The number of aromatic nitrogens is 2. The largest absolute Gasteiger partial charge is 0.319 e. The molecule has 17 heavy (non-hydrogen) atoms. The Morgan fingerprint density at radius 1 is 1.29 bits per heavy atom. The average molecular weight is 250 g/mol. The lowest BCUT2D eigenvalue weighted by Gasteiger charge is -1.99. The number of halogens is 1. The summed E-state index contributed by atoms with van der Waals surface area (Å²) >= 11 is 5.87. The third-order valence-corrected chi connectivity index (χ3v) is 3.00. The summed E-state index contributed by atoms with van der Waals surface area (Å²) in [5.74, 6) is 0. The summed E-state index contributed by atoms with van der Waals surface area (Å²) < 4.78 is 1.93. The Hall–Kier alpha value is -1.32. The molecule has 1 heterocycles. The second kappa shape index (κ2) is 5.34. The number of nitrogens with one attached hydrogen (secondary N) is 1. The highest BCUT2D eigenvalue weighted by atomic mass is 35.5. The van der Waals surface area contributed by atoms with Crippen molar-refractivity contribution in [1.82, 2.24) is 15.1 Å². The molecule has 3 nitrogen and oxygen atoms in total. The Morgan fingerprint density at radius 3 is 2.65 bits per heavy atom. The first kappa shape index (κ1) is 12.1. The molecule has 0 saturated carbocycles. The van der Waals surface area contributed by atoms with Gasteiger partial charge in [0.2, 0.25) is 0 Å². The minimum Gasteiger partial charge on any atom is -0.319 e. The fourth-order valence-corrected chi connectivity index (χ4v) is 1.88. The van der Waals surface area contributed by atoms with Crippen LogP contribution in [0, 0.1) is 0 Å². The number of likely N-dealkylation sites (N-methyl/N-ethyl adjacent to an activating group) is 1. The monoisotopic (exact) mass is 249 g/mol. The van der Waals surface area contributed by atoms with Crippen LogP contribution in [-0.2, 0) is 13.5 Å². The van der Waals surface area contributed by atoms with Crippen LogP contribution in [0.1, 0.15) is 5.69 Å². The number of hydrogen-bond acceptors (Lipinski definition) is 2. The van der Waals surface area contributed by atoms with Gasteiger partial charge in [-0.3, -0.25) is 4.68 Å². The fourth-order valence-electron chi connectivity index (χ4n) is 1.75. The van der Waals surface area contributed by atoms with Crippen molar-refractivity contribution in [2.45, 2.75) is 6.42 Å². The topological polar surface area (TPSA) is 29.9 Å². The van der Waals surface area contributed by atoms with Crippen LogP contribution in [0.5, 0.6) is 0 Å². The van der Waals surface area contributed by atoms with Crippen LogP contribution in [0.2, 0.25) is 5.02 Å². The van der Waals surface area contributed by atoms with Gasteiger partial charge in [0, 0.05) is 36.3 Å². The second-order valence-corrected chi connectivity index (χ2v) is 4.44. The summed E-state index contributed by atoms with van der Waals surface area (Å²) in [5, 5.41) is 8.40. The van der Waals surface area contributed by atoms with Crippen LogP contribution in [0.25, 0.3) is 11.3 Å². The first-order chi connectivity index (χ1) is 8.20. The highest BCUT2D eigenvalue weighted by Crippen LogP contribution is 2.21. The smallest absolute Gasteiger partial charge is 0.0925 e. The van der Waals surface area contributed by atoms with E-state index in [9.17, 15) is 0 Å². The maximum Gasteiger partial charge on any atom is 0.0925 e. The van der Waals surface area contributed by atoms with Crippen molar-refractivity contribution >= 4 is 11.6 Å². The first-order valence-corrected chi connectivity index (χ1v) is 6.02. The molecular weight excluding hydrogens is 234 g/mol. The van der Waals surface area contributed by atoms with E-state index in [-0.39, 0.29) is 0 Å². The van der Waals surface area contributed by atoms with E-state index in [0.717, 1.165) is 29.2 Å². The minimum atomic E-state index is 0.750. The molecule has 4 heteroatoms. The van der Waals surface area contributed by atoms with Crippen LogP contribution in [0.3, 0.4) is 0 Å². The molecule has 1 aromatic carbocycles. The molecule has 0 amide bonds. The summed E-state index contributed by atoms with van der Waals surface area (Å²) in [6, 6.07) is 9.89. The number of hydrogen-bond donors (Lipinski definition) is 1. The van der Waals surface area contributed by atoms with E-state index in [1.54, 1.807) is 0 Å². The van der Waals surface area contributed by atoms with Crippen molar-refractivity contribution < 1.29 is 0 Å². The highest BCUT2D eigenvalue weighted by molar-refractivity contribution is 6.30. The SMILES string of the molecule is CNCCc1cc(-c2ccc(Cl)cc2)nn1C. The van der Waals surface area contributed by atoms with Crippen LogP contribution in [-0.4, -0.2) is 23.4 Å². The predicted molar refractivity (Wildman–Crippen MR) is 71.3 cm³/mol. The quantitative estimate of drug-likeness (QED) is 0.902. The molecular formula is C13H16ClN3. The zero-order valence-electron chi connectivity index (χ0n) is 10.1. The van der Waals surface area contributed by atoms with E-state index in [1.807, 2.05) is 43.0 Å². The molecule has 0 atom stereocenters. The van der Waals surface area contributed by atoms with Crippen LogP contribution < -0.4 is 5.32 Å². The molecule has 0 spiro atoms. The van der Waals surface area contributed by atoms with Gasteiger partial charge in [0.05, 0.1) is 5.69 Å². The Morgan fingerprint density at radius 2 is 2.00 bits per heavy atom. The van der Waals surface area contributed by atoms with Crippen molar-refractivity contribution in [3.8, 4) is 11.3 Å². The van der Waals surface area contributed by atoms with Crippen LogP contribution in [0.4, 0.5) is 0 Å². The molecule has 0 radical (unpaired) electrons. The summed E-state index contributed by atoms with van der Waals surface area (Å²) in [6.45, 7) is 0.958. The van der Waals surface area contributed by atoms with E-state index in [1.165, 1.54) is 5.69 Å². The standard InChI is InChI=1S/C13H16ClN3/c1-15-8-7-12-9-13(16-17(12)2)10-3-5-11(14)6-4-10/h3-6,9,15H,7-8H2,1-2H3. The van der Waals surface area contributed by atoms with E-state index in [4.69, 9.17) is 11.6 Å². The summed E-state index contributed by atoms with van der Waals surface area (Å²) in [5.41, 5.74) is 3.32. The van der Waals surface area contributed by atoms with Gasteiger partial charge in [-0.2, -0.15) is 5.10 Å². The van der Waals surface area contributed by atoms with Crippen molar-refractivity contribution in [1.29, 1.82) is 0 Å². The average Bonchev–Trinajstić information content (AvgIpc) is 2.69. The van der Waals surface area contributed by atoms with Gasteiger partial charge in [0.1, 0.15) is 0 Å². The van der Waals surface area contributed by atoms with Crippen molar-refractivity contribution in [3.63, 3.8) is 0 Å². The number of aryl methyl sites for hydroxylation is 1. The summed E-state index contributed by atoms with van der Waals surface area (Å²) in [7, 11) is 3.93. The third-order valence-electron chi connectivity index (χ3n) is 2.75.